The molecule has 1 aliphatic heterocycles. The van der Waals surface area contributed by atoms with E-state index in [4.69, 9.17) is 0 Å². The summed E-state index contributed by atoms with van der Waals surface area (Å²) in [7, 11) is 0. The number of nitrogens with zero attached hydrogens (tertiary/aromatic N) is 2. The van der Waals surface area contributed by atoms with E-state index in [0.717, 1.165) is 18.5 Å². The summed E-state index contributed by atoms with van der Waals surface area (Å²) in [5.41, 5.74) is 2.02. The van der Waals surface area contributed by atoms with Crippen molar-refractivity contribution in [1.82, 2.24) is 14.9 Å². The lowest BCUT2D eigenvalue weighted by Crippen LogP contribution is -2.46. The smallest absolute Gasteiger partial charge is 0.246 e. The number of aromatic nitrogens is 2. The molecule has 5 heteroatoms. The van der Waals surface area contributed by atoms with Crippen LogP contribution in [0.3, 0.4) is 0 Å². The maximum absolute atomic E-state index is 12.2. The number of hydrogen-bond donors (Lipinski definition) is 2. The first kappa shape index (κ1) is 15.5. The summed E-state index contributed by atoms with van der Waals surface area (Å²) in [5, 5.41) is 10.4. The van der Waals surface area contributed by atoms with Crippen molar-refractivity contribution in [2.24, 2.45) is 5.92 Å². The van der Waals surface area contributed by atoms with Gasteiger partial charge in [0.15, 0.2) is 0 Å². The standard InChI is InChI=1S/C18H21N3O2/c22-17-12-21(18(23)7-6-16-11-19-13-20-16)9-8-15(17)10-14-4-2-1-3-5-14/h1-7,11,13,15,17,22H,8-10,12H2,(H,19,20)/b7-6+/t15-,17+/m1/s1. The molecule has 1 fully saturated rings. The van der Waals surface area contributed by atoms with Gasteiger partial charge in [0, 0.05) is 19.2 Å². The van der Waals surface area contributed by atoms with Crippen molar-refractivity contribution in [1.29, 1.82) is 0 Å². The minimum atomic E-state index is -0.478. The Morgan fingerprint density at radius 2 is 2.22 bits per heavy atom. The highest BCUT2D eigenvalue weighted by Crippen LogP contribution is 2.22. The number of amides is 1. The Morgan fingerprint density at radius 1 is 1.39 bits per heavy atom. The normalized spacial score (nSPS) is 21.7. The molecular weight excluding hydrogens is 290 g/mol. The Bertz CT molecular complexity index is 652. The van der Waals surface area contributed by atoms with Gasteiger partial charge in [-0.3, -0.25) is 4.79 Å². The van der Waals surface area contributed by atoms with Gasteiger partial charge < -0.3 is 15.0 Å². The molecule has 1 saturated heterocycles. The number of likely N-dealkylation sites (tertiary alicyclic amines) is 1. The van der Waals surface area contributed by atoms with E-state index in [1.54, 1.807) is 23.5 Å². The number of carbonyl (C=O) groups is 1. The maximum Gasteiger partial charge on any atom is 0.246 e. The van der Waals surface area contributed by atoms with Crippen LogP contribution in [-0.2, 0) is 11.2 Å². The van der Waals surface area contributed by atoms with Crippen LogP contribution in [-0.4, -0.2) is 45.1 Å². The second kappa shape index (κ2) is 7.24. The first-order valence-corrected chi connectivity index (χ1v) is 7.90. The summed E-state index contributed by atoms with van der Waals surface area (Å²) >= 11 is 0. The fraction of sp³-hybridized carbons (Fsp3) is 0.333. The Morgan fingerprint density at radius 3 is 2.91 bits per heavy atom. The molecule has 1 aromatic heterocycles. The van der Waals surface area contributed by atoms with Gasteiger partial charge >= 0.3 is 0 Å². The van der Waals surface area contributed by atoms with Crippen LogP contribution < -0.4 is 0 Å². The van der Waals surface area contributed by atoms with E-state index in [1.165, 1.54) is 11.6 Å². The zero-order valence-corrected chi connectivity index (χ0v) is 12.9. The highest BCUT2D eigenvalue weighted by molar-refractivity contribution is 5.91. The van der Waals surface area contributed by atoms with Gasteiger partial charge in [-0.2, -0.15) is 0 Å². The van der Waals surface area contributed by atoms with Crippen molar-refractivity contribution in [3.8, 4) is 0 Å². The van der Waals surface area contributed by atoms with E-state index < -0.39 is 6.10 Å². The number of nitrogens with one attached hydrogen (secondary N) is 1. The van der Waals surface area contributed by atoms with Gasteiger partial charge in [0.25, 0.3) is 0 Å². The number of β-amino-alcohol motifs (C(OH)–C–C–N with tert-alkyl or cyclic N) is 1. The predicted molar refractivity (Wildman–Crippen MR) is 88.5 cm³/mol. The number of carbonyl (C=O) groups excluding carboxylic acids is 1. The van der Waals surface area contributed by atoms with Crippen molar-refractivity contribution in [2.75, 3.05) is 13.1 Å². The van der Waals surface area contributed by atoms with E-state index >= 15 is 0 Å². The lowest BCUT2D eigenvalue weighted by atomic mass is 9.88. The van der Waals surface area contributed by atoms with Crippen molar-refractivity contribution >= 4 is 12.0 Å². The van der Waals surface area contributed by atoms with Crippen LogP contribution in [0, 0.1) is 5.92 Å². The highest BCUT2D eigenvalue weighted by atomic mass is 16.3. The summed E-state index contributed by atoms with van der Waals surface area (Å²) in [4.78, 5) is 20.7. The Kier molecular flexibility index (Phi) is 4.88. The lowest BCUT2D eigenvalue weighted by molar-refractivity contribution is -0.130. The zero-order valence-electron chi connectivity index (χ0n) is 12.9. The molecule has 23 heavy (non-hydrogen) atoms. The van der Waals surface area contributed by atoms with E-state index in [9.17, 15) is 9.90 Å². The third-order valence-electron chi connectivity index (χ3n) is 4.30. The molecule has 1 aromatic carbocycles. The molecule has 2 atom stereocenters. The molecule has 0 saturated carbocycles. The van der Waals surface area contributed by atoms with Gasteiger partial charge in [0.05, 0.1) is 24.3 Å². The lowest BCUT2D eigenvalue weighted by Gasteiger charge is -2.35. The van der Waals surface area contributed by atoms with Crippen LogP contribution in [0.5, 0.6) is 0 Å². The van der Waals surface area contributed by atoms with E-state index in [1.807, 2.05) is 18.2 Å². The summed E-state index contributed by atoms with van der Waals surface area (Å²) < 4.78 is 0. The minimum absolute atomic E-state index is 0.0724. The fourth-order valence-corrected chi connectivity index (χ4v) is 2.96. The fourth-order valence-electron chi connectivity index (χ4n) is 2.96. The monoisotopic (exact) mass is 311 g/mol. The van der Waals surface area contributed by atoms with Gasteiger partial charge in [-0.05, 0) is 30.4 Å². The molecule has 0 radical (unpaired) electrons. The number of H-pyrrole nitrogens is 1. The number of rotatable bonds is 4. The molecule has 0 spiro atoms. The first-order chi connectivity index (χ1) is 11.2. The summed E-state index contributed by atoms with van der Waals surface area (Å²) in [5.74, 6) is 0.134. The van der Waals surface area contributed by atoms with E-state index in [-0.39, 0.29) is 11.8 Å². The quantitative estimate of drug-likeness (QED) is 0.847. The van der Waals surface area contributed by atoms with Crippen LogP contribution in [0.4, 0.5) is 0 Å². The number of aliphatic hydroxyl groups excluding tert-OH is 1. The average Bonchev–Trinajstić information content (AvgIpc) is 3.09. The SMILES string of the molecule is O=C(/C=C/c1cnc[nH]1)N1CC[C@H](Cc2ccccc2)[C@@H](O)C1. The maximum atomic E-state index is 12.2. The van der Waals surface area contributed by atoms with E-state index in [2.05, 4.69) is 22.1 Å². The average molecular weight is 311 g/mol. The molecule has 2 aromatic rings. The molecule has 0 unspecified atom stereocenters. The number of benzene rings is 1. The Labute approximate surface area is 135 Å². The van der Waals surface area contributed by atoms with E-state index in [0.29, 0.717) is 13.1 Å². The molecule has 1 amide bonds. The second-order valence-electron chi connectivity index (χ2n) is 5.93. The Balaban J connectivity index is 1.54. The summed E-state index contributed by atoms with van der Waals surface area (Å²) in [6.07, 6.45) is 7.66. The van der Waals surface area contributed by atoms with Crippen LogP contribution >= 0.6 is 0 Å². The van der Waals surface area contributed by atoms with Gasteiger partial charge in [-0.25, -0.2) is 4.98 Å². The van der Waals surface area contributed by atoms with Gasteiger partial charge in [0.2, 0.25) is 5.91 Å². The van der Waals surface area contributed by atoms with Crippen molar-refractivity contribution < 1.29 is 9.90 Å². The molecule has 0 bridgehead atoms. The van der Waals surface area contributed by atoms with Crippen LogP contribution in [0.1, 0.15) is 17.7 Å². The minimum Gasteiger partial charge on any atom is -0.391 e. The molecule has 3 rings (SSSR count). The van der Waals surface area contributed by atoms with Gasteiger partial charge in [-0.1, -0.05) is 30.3 Å². The van der Waals surface area contributed by atoms with Gasteiger partial charge in [-0.15, -0.1) is 0 Å². The summed E-state index contributed by atoms with van der Waals surface area (Å²) in [6, 6.07) is 10.2. The Hall–Kier alpha value is -2.40. The first-order valence-electron chi connectivity index (χ1n) is 7.90. The van der Waals surface area contributed by atoms with Crippen molar-refractivity contribution in [3.05, 3.63) is 60.2 Å². The largest absolute Gasteiger partial charge is 0.391 e. The number of piperidine rings is 1. The number of aromatic amines is 1. The third kappa shape index (κ3) is 4.07. The van der Waals surface area contributed by atoms with Crippen LogP contribution in [0.15, 0.2) is 48.9 Å². The number of hydrogen-bond acceptors (Lipinski definition) is 3. The summed E-state index contributed by atoms with van der Waals surface area (Å²) in [6.45, 7) is 1.07. The molecule has 2 N–H and O–H groups in total. The molecule has 1 aliphatic rings. The van der Waals surface area contributed by atoms with Crippen molar-refractivity contribution in [2.45, 2.75) is 18.9 Å². The second-order valence-corrected chi connectivity index (χ2v) is 5.93. The van der Waals surface area contributed by atoms with Crippen LogP contribution in [0.2, 0.25) is 0 Å². The molecule has 120 valence electrons. The van der Waals surface area contributed by atoms with Gasteiger partial charge in [0.1, 0.15) is 0 Å². The zero-order chi connectivity index (χ0) is 16.1. The molecule has 0 aliphatic carbocycles. The molecule has 5 nitrogen and oxygen atoms in total. The highest BCUT2D eigenvalue weighted by Gasteiger charge is 2.29. The third-order valence-corrected chi connectivity index (χ3v) is 4.30. The molecule has 2 heterocycles. The predicted octanol–water partition coefficient (Wildman–Crippen LogP) is 1.88. The number of imidazole rings is 1. The van der Waals surface area contributed by atoms with Crippen molar-refractivity contribution in [3.63, 3.8) is 0 Å². The van der Waals surface area contributed by atoms with Crippen LogP contribution in [0.25, 0.3) is 6.08 Å². The topological polar surface area (TPSA) is 69.2 Å². The number of aliphatic hydroxyl groups is 1. The molecular formula is C18H21N3O2.